The molecule has 0 bridgehead atoms. The van der Waals surface area contributed by atoms with Crippen molar-refractivity contribution in [2.75, 3.05) is 5.32 Å². The van der Waals surface area contributed by atoms with Crippen LogP contribution in [0.5, 0.6) is 0 Å². The maximum atomic E-state index is 3.84. The summed E-state index contributed by atoms with van der Waals surface area (Å²) in [5.41, 5.74) is 10.3. The first-order chi connectivity index (χ1) is 17.1. The molecule has 1 aromatic heterocycles. The Morgan fingerprint density at radius 1 is 0.600 bits per heavy atom. The van der Waals surface area contributed by atoms with Crippen molar-refractivity contribution in [3.05, 3.63) is 120 Å². The van der Waals surface area contributed by atoms with Gasteiger partial charge >= 0.3 is 0 Å². The fourth-order valence-electron chi connectivity index (χ4n) is 5.71. The Hall–Kier alpha value is -3.88. The molecule has 7 rings (SSSR count). The monoisotopic (exact) mass is 467 g/mol. The van der Waals surface area contributed by atoms with Crippen LogP contribution in [-0.2, 0) is 5.41 Å². The van der Waals surface area contributed by atoms with Crippen molar-refractivity contribution in [3.8, 4) is 22.3 Å². The molecule has 0 atom stereocenters. The minimum atomic E-state index is 0.00107. The van der Waals surface area contributed by atoms with Crippen LogP contribution >= 0.6 is 11.3 Å². The number of benzene rings is 5. The van der Waals surface area contributed by atoms with Crippen LogP contribution in [0.4, 0.5) is 11.4 Å². The normalized spacial score (nSPS) is 13.7. The molecule has 0 spiro atoms. The van der Waals surface area contributed by atoms with Crippen LogP contribution in [0, 0.1) is 0 Å². The molecule has 0 saturated heterocycles. The Kier molecular flexibility index (Phi) is 4.43. The molecule has 1 heterocycles. The second kappa shape index (κ2) is 7.56. The average molecular weight is 468 g/mol. The minimum absolute atomic E-state index is 0.00107. The van der Waals surface area contributed by atoms with E-state index >= 15 is 0 Å². The third kappa shape index (κ3) is 3.07. The van der Waals surface area contributed by atoms with Gasteiger partial charge in [0.1, 0.15) is 0 Å². The zero-order valence-corrected chi connectivity index (χ0v) is 20.6. The lowest BCUT2D eigenvalue weighted by Gasteiger charge is -2.21. The van der Waals surface area contributed by atoms with Crippen LogP contribution in [0.25, 0.3) is 42.4 Å². The predicted octanol–water partition coefficient (Wildman–Crippen LogP) is 9.77. The van der Waals surface area contributed by atoms with Crippen LogP contribution in [0.3, 0.4) is 0 Å². The largest absolute Gasteiger partial charge is 0.354 e. The molecule has 1 aliphatic carbocycles. The number of hydrogen-bond acceptors (Lipinski definition) is 2. The van der Waals surface area contributed by atoms with Gasteiger partial charge in [-0.15, -0.1) is 11.3 Å². The third-order valence-corrected chi connectivity index (χ3v) is 8.70. The second-order valence-electron chi connectivity index (χ2n) is 9.89. The van der Waals surface area contributed by atoms with E-state index in [9.17, 15) is 0 Å². The van der Waals surface area contributed by atoms with Crippen molar-refractivity contribution >= 4 is 42.9 Å². The summed E-state index contributed by atoms with van der Waals surface area (Å²) in [6.07, 6.45) is 0. The molecule has 1 nitrogen and oxygen atoms in total. The molecule has 0 saturated carbocycles. The van der Waals surface area contributed by atoms with Gasteiger partial charge in [-0.3, -0.25) is 0 Å². The molecular weight excluding hydrogens is 442 g/mol. The van der Waals surface area contributed by atoms with E-state index in [1.807, 2.05) is 11.3 Å². The molecule has 0 unspecified atom stereocenters. The molecule has 35 heavy (non-hydrogen) atoms. The van der Waals surface area contributed by atoms with Gasteiger partial charge < -0.3 is 5.32 Å². The number of nitrogens with one attached hydrogen (secondary N) is 1. The number of hydrogen-bond donors (Lipinski definition) is 1. The minimum Gasteiger partial charge on any atom is -0.354 e. The highest BCUT2D eigenvalue weighted by atomic mass is 32.1. The van der Waals surface area contributed by atoms with Gasteiger partial charge in [0.25, 0.3) is 0 Å². The summed E-state index contributed by atoms with van der Waals surface area (Å²) in [7, 11) is 0. The molecule has 0 fully saturated rings. The Morgan fingerprint density at radius 3 is 2.23 bits per heavy atom. The van der Waals surface area contributed by atoms with Gasteiger partial charge in [-0.1, -0.05) is 98.8 Å². The van der Waals surface area contributed by atoms with Gasteiger partial charge in [-0.25, -0.2) is 0 Å². The number of rotatable bonds is 3. The molecule has 1 N–H and O–H groups in total. The molecular formula is C33H25NS. The van der Waals surface area contributed by atoms with Crippen molar-refractivity contribution < 1.29 is 0 Å². The Labute approximate surface area is 209 Å². The van der Waals surface area contributed by atoms with E-state index in [0.29, 0.717) is 0 Å². The van der Waals surface area contributed by atoms with E-state index in [2.05, 4.69) is 128 Å². The SMILES string of the molecule is CC1(C)c2ccccc2-c2c(Nc3cccc4c3sc3ccc(-c5ccccc5)cc34)cccc21. The van der Waals surface area contributed by atoms with Gasteiger partial charge in [-0.05, 0) is 52.1 Å². The first-order valence-electron chi connectivity index (χ1n) is 12.1. The van der Waals surface area contributed by atoms with Gasteiger partial charge in [-0.2, -0.15) is 0 Å². The fraction of sp³-hybridized carbons (Fsp3) is 0.0909. The Morgan fingerprint density at radius 2 is 1.34 bits per heavy atom. The second-order valence-corrected chi connectivity index (χ2v) is 10.9. The van der Waals surface area contributed by atoms with Crippen LogP contribution in [-0.4, -0.2) is 0 Å². The van der Waals surface area contributed by atoms with Crippen molar-refractivity contribution in [2.45, 2.75) is 19.3 Å². The van der Waals surface area contributed by atoms with Crippen LogP contribution in [0.1, 0.15) is 25.0 Å². The lowest BCUT2D eigenvalue weighted by atomic mass is 9.82. The standard InChI is InChI=1S/C33H25NS/c1-33(2)26-14-7-6-12-24(26)31-27(33)15-9-16-28(31)34-29-17-8-13-23-25-20-22(21-10-4-3-5-11-21)18-19-30(25)35-32(23)29/h3-20,34H,1-2H3. The van der Waals surface area contributed by atoms with E-state index in [4.69, 9.17) is 0 Å². The first-order valence-corrected chi connectivity index (χ1v) is 12.9. The molecule has 0 amide bonds. The molecule has 0 radical (unpaired) electrons. The van der Waals surface area contributed by atoms with Crippen molar-refractivity contribution in [3.63, 3.8) is 0 Å². The molecule has 168 valence electrons. The summed E-state index contributed by atoms with van der Waals surface area (Å²) in [6.45, 7) is 4.66. The molecule has 2 heteroatoms. The van der Waals surface area contributed by atoms with E-state index in [1.54, 1.807) is 0 Å². The van der Waals surface area contributed by atoms with Crippen LogP contribution < -0.4 is 5.32 Å². The van der Waals surface area contributed by atoms with Crippen LogP contribution in [0.2, 0.25) is 0 Å². The average Bonchev–Trinajstić information content (AvgIpc) is 3.38. The summed E-state index contributed by atoms with van der Waals surface area (Å²) in [6, 6.07) is 39.6. The van der Waals surface area contributed by atoms with E-state index in [-0.39, 0.29) is 5.41 Å². The topological polar surface area (TPSA) is 12.0 Å². The fourth-order valence-corrected chi connectivity index (χ4v) is 6.86. The summed E-state index contributed by atoms with van der Waals surface area (Å²) in [5, 5.41) is 6.47. The highest BCUT2D eigenvalue weighted by Gasteiger charge is 2.36. The van der Waals surface area contributed by atoms with Crippen molar-refractivity contribution in [1.29, 1.82) is 0 Å². The maximum Gasteiger partial charge on any atom is 0.0590 e. The quantitative estimate of drug-likeness (QED) is 0.273. The number of fused-ring (bicyclic) bond motifs is 6. The first kappa shape index (κ1) is 20.5. The van der Waals surface area contributed by atoms with Gasteiger partial charge in [0.15, 0.2) is 0 Å². The van der Waals surface area contributed by atoms with Gasteiger partial charge in [0, 0.05) is 32.1 Å². The number of anilines is 2. The lowest BCUT2D eigenvalue weighted by molar-refractivity contribution is 0.660. The smallest absolute Gasteiger partial charge is 0.0590 e. The van der Waals surface area contributed by atoms with Gasteiger partial charge in [0.2, 0.25) is 0 Å². The molecule has 0 aliphatic heterocycles. The van der Waals surface area contributed by atoms with E-state index in [0.717, 1.165) is 0 Å². The third-order valence-electron chi connectivity index (χ3n) is 7.48. The molecule has 6 aromatic rings. The highest BCUT2D eigenvalue weighted by molar-refractivity contribution is 7.26. The summed E-state index contributed by atoms with van der Waals surface area (Å²) < 4.78 is 2.62. The van der Waals surface area contributed by atoms with Gasteiger partial charge in [0.05, 0.1) is 10.4 Å². The number of thiophene rings is 1. The highest BCUT2D eigenvalue weighted by Crippen LogP contribution is 2.52. The zero-order valence-electron chi connectivity index (χ0n) is 19.8. The Bertz CT molecular complexity index is 1740. The molecule has 1 aliphatic rings. The summed E-state index contributed by atoms with van der Waals surface area (Å²) in [4.78, 5) is 0. The Balaban J connectivity index is 1.38. The van der Waals surface area contributed by atoms with E-state index in [1.165, 1.54) is 64.9 Å². The molecule has 5 aromatic carbocycles. The predicted molar refractivity (Wildman–Crippen MR) is 152 cm³/mol. The van der Waals surface area contributed by atoms with Crippen molar-refractivity contribution in [1.82, 2.24) is 0 Å². The maximum absolute atomic E-state index is 3.84. The summed E-state index contributed by atoms with van der Waals surface area (Å²) >= 11 is 1.87. The lowest BCUT2D eigenvalue weighted by Crippen LogP contribution is -2.14. The summed E-state index contributed by atoms with van der Waals surface area (Å²) in [5.74, 6) is 0. The zero-order chi connectivity index (χ0) is 23.6. The van der Waals surface area contributed by atoms with Crippen molar-refractivity contribution in [2.24, 2.45) is 0 Å². The van der Waals surface area contributed by atoms with E-state index < -0.39 is 0 Å². The van der Waals surface area contributed by atoms with Crippen LogP contribution in [0.15, 0.2) is 109 Å².